The fraction of sp³-hybridized carbons (Fsp3) is 0.278. The molecule has 0 radical (unpaired) electrons. The average molecular weight is 297 g/mol. The second-order valence-corrected chi connectivity index (χ2v) is 6.08. The number of ether oxygens (including phenoxy) is 1. The van der Waals surface area contributed by atoms with E-state index in [9.17, 15) is 9.90 Å². The van der Waals surface area contributed by atoms with E-state index in [0.29, 0.717) is 18.0 Å². The molecule has 22 heavy (non-hydrogen) atoms. The van der Waals surface area contributed by atoms with Gasteiger partial charge in [-0.2, -0.15) is 0 Å². The Labute approximate surface area is 130 Å². The zero-order valence-electron chi connectivity index (χ0n) is 13.0. The number of rotatable bonds is 2. The molecule has 4 heteroatoms. The van der Waals surface area contributed by atoms with Crippen LogP contribution in [-0.4, -0.2) is 16.6 Å². The van der Waals surface area contributed by atoms with Gasteiger partial charge in [-0.05, 0) is 44.0 Å². The van der Waals surface area contributed by atoms with Gasteiger partial charge in [0, 0.05) is 6.07 Å². The number of nitrogens with zero attached hydrogens (tertiary/aromatic N) is 1. The minimum Gasteiger partial charge on any atom is -0.508 e. The Morgan fingerprint density at radius 3 is 2.64 bits per heavy atom. The minimum atomic E-state index is -0.955. The van der Waals surface area contributed by atoms with Crippen LogP contribution in [0.2, 0.25) is 0 Å². The summed E-state index contributed by atoms with van der Waals surface area (Å²) in [6.45, 7) is 6.00. The molecule has 0 saturated carbocycles. The third kappa shape index (κ3) is 2.41. The van der Waals surface area contributed by atoms with Crippen LogP contribution >= 0.6 is 0 Å². The number of anilines is 1. The van der Waals surface area contributed by atoms with Crippen LogP contribution in [0.1, 0.15) is 25.0 Å². The molecule has 1 amide bonds. The van der Waals surface area contributed by atoms with Gasteiger partial charge < -0.3 is 14.7 Å². The lowest BCUT2D eigenvalue weighted by atomic mass is 10.0. The third-order valence-corrected chi connectivity index (χ3v) is 3.95. The molecule has 0 fully saturated rings. The molecule has 1 N–H and O–H groups in total. The first-order chi connectivity index (χ1) is 10.4. The average Bonchev–Trinajstić information content (AvgIpc) is 2.45. The molecule has 2 aromatic carbocycles. The zero-order chi connectivity index (χ0) is 15.9. The van der Waals surface area contributed by atoms with Crippen LogP contribution in [0.3, 0.4) is 0 Å². The summed E-state index contributed by atoms with van der Waals surface area (Å²) in [5.41, 5.74) is 1.96. The summed E-state index contributed by atoms with van der Waals surface area (Å²) in [4.78, 5) is 14.5. The van der Waals surface area contributed by atoms with Crippen LogP contribution in [0.5, 0.6) is 11.5 Å². The Morgan fingerprint density at radius 1 is 1.18 bits per heavy atom. The van der Waals surface area contributed by atoms with Crippen molar-refractivity contribution in [3.8, 4) is 11.5 Å². The monoisotopic (exact) mass is 297 g/mol. The van der Waals surface area contributed by atoms with Crippen LogP contribution in [0.15, 0.2) is 42.5 Å². The second-order valence-electron chi connectivity index (χ2n) is 6.08. The van der Waals surface area contributed by atoms with Crippen LogP contribution in [0, 0.1) is 6.92 Å². The maximum atomic E-state index is 12.7. The molecule has 0 aromatic heterocycles. The van der Waals surface area contributed by atoms with Crippen LogP contribution < -0.4 is 9.64 Å². The molecule has 0 saturated heterocycles. The van der Waals surface area contributed by atoms with E-state index >= 15 is 0 Å². The molecule has 1 aliphatic rings. The van der Waals surface area contributed by atoms with Crippen molar-refractivity contribution in [1.82, 2.24) is 0 Å². The van der Waals surface area contributed by atoms with Gasteiger partial charge in [0.2, 0.25) is 0 Å². The molecular formula is C18H19NO3. The second kappa shape index (κ2) is 5.05. The Hall–Kier alpha value is -2.49. The van der Waals surface area contributed by atoms with Gasteiger partial charge in [0.15, 0.2) is 5.60 Å². The van der Waals surface area contributed by atoms with Crippen molar-refractivity contribution in [1.29, 1.82) is 0 Å². The van der Waals surface area contributed by atoms with Gasteiger partial charge in [-0.3, -0.25) is 4.79 Å². The van der Waals surface area contributed by atoms with E-state index in [4.69, 9.17) is 4.74 Å². The summed E-state index contributed by atoms with van der Waals surface area (Å²) < 4.78 is 5.76. The summed E-state index contributed by atoms with van der Waals surface area (Å²) in [6, 6.07) is 12.8. The van der Waals surface area contributed by atoms with Gasteiger partial charge in [0.25, 0.3) is 5.91 Å². The predicted octanol–water partition coefficient (Wildman–Crippen LogP) is 3.40. The fourth-order valence-electron chi connectivity index (χ4n) is 2.68. The lowest BCUT2D eigenvalue weighted by molar-refractivity contribution is -0.132. The number of carbonyl (C=O) groups excluding carboxylic acids is 1. The highest BCUT2D eigenvalue weighted by molar-refractivity contribution is 6.02. The van der Waals surface area contributed by atoms with Crippen molar-refractivity contribution < 1.29 is 14.6 Å². The topological polar surface area (TPSA) is 49.8 Å². The number of hydrogen-bond acceptors (Lipinski definition) is 3. The molecule has 1 aliphatic heterocycles. The zero-order valence-corrected chi connectivity index (χ0v) is 13.0. The molecular weight excluding hydrogens is 278 g/mol. The number of phenols is 1. The predicted molar refractivity (Wildman–Crippen MR) is 85.2 cm³/mol. The summed E-state index contributed by atoms with van der Waals surface area (Å²) in [5, 5.41) is 9.66. The van der Waals surface area contributed by atoms with E-state index < -0.39 is 5.60 Å². The number of hydrogen-bond donors (Lipinski definition) is 1. The van der Waals surface area contributed by atoms with Gasteiger partial charge in [0.1, 0.15) is 11.5 Å². The Morgan fingerprint density at radius 2 is 1.91 bits per heavy atom. The number of fused-ring (bicyclic) bond motifs is 1. The number of aromatic hydroxyl groups is 1. The molecule has 0 unspecified atom stereocenters. The Balaban J connectivity index is 2.06. The highest BCUT2D eigenvalue weighted by Crippen LogP contribution is 2.40. The lowest BCUT2D eigenvalue weighted by Gasteiger charge is -2.39. The minimum absolute atomic E-state index is 0.0889. The summed E-state index contributed by atoms with van der Waals surface area (Å²) in [5.74, 6) is 0.562. The Bertz CT molecular complexity index is 737. The Kier molecular flexibility index (Phi) is 3.32. The van der Waals surface area contributed by atoms with E-state index in [1.54, 1.807) is 36.9 Å². The summed E-state index contributed by atoms with van der Waals surface area (Å²) in [7, 11) is 0. The molecule has 0 atom stereocenters. The van der Waals surface area contributed by atoms with Crippen molar-refractivity contribution in [3.05, 3.63) is 53.6 Å². The largest absolute Gasteiger partial charge is 0.508 e. The molecule has 3 rings (SSSR count). The molecule has 2 aromatic rings. The number of amides is 1. The van der Waals surface area contributed by atoms with Gasteiger partial charge in [-0.25, -0.2) is 0 Å². The van der Waals surface area contributed by atoms with Crippen molar-refractivity contribution >= 4 is 11.6 Å². The molecule has 0 bridgehead atoms. The van der Waals surface area contributed by atoms with Crippen molar-refractivity contribution in [2.45, 2.75) is 32.9 Å². The van der Waals surface area contributed by atoms with E-state index in [0.717, 1.165) is 11.1 Å². The highest BCUT2D eigenvalue weighted by Gasteiger charge is 2.41. The molecule has 0 spiro atoms. The van der Waals surface area contributed by atoms with Crippen LogP contribution in [0.25, 0.3) is 0 Å². The van der Waals surface area contributed by atoms with Crippen LogP contribution in [0.4, 0.5) is 5.69 Å². The van der Waals surface area contributed by atoms with Crippen molar-refractivity contribution in [2.75, 3.05) is 4.90 Å². The third-order valence-electron chi connectivity index (χ3n) is 3.95. The quantitative estimate of drug-likeness (QED) is 0.924. The first-order valence-corrected chi connectivity index (χ1v) is 7.27. The smallest absolute Gasteiger partial charge is 0.271 e. The van der Waals surface area contributed by atoms with Gasteiger partial charge in [-0.1, -0.05) is 24.3 Å². The normalized spacial score (nSPS) is 16.1. The molecule has 114 valence electrons. The van der Waals surface area contributed by atoms with E-state index in [1.807, 2.05) is 31.2 Å². The first-order valence-electron chi connectivity index (χ1n) is 7.27. The van der Waals surface area contributed by atoms with Crippen LogP contribution in [-0.2, 0) is 11.3 Å². The fourth-order valence-corrected chi connectivity index (χ4v) is 2.68. The number of phenolic OH excluding ortho intramolecular Hbond substituents is 1. The SMILES string of the molecule is Cc1ccccc1CN1C(=O)C(C)(C)Oc2cc(O)ccc21. The lowest BCUT2D eigenvalue weighted by Crippen LogP contribution is -2.52. The van der Waals surface area contributed by atoms with Gasteiger partial charge in [-0.15, -0.1) is 0 Å². The highest BCUT2D eigenvalue weighted by atomic mass is 16.5. The standard InChI is InChI=1S/C18H19NO3/c1-12-6-4-5-7-13(12)11-19-15-9-8-14(20)10-16(15)22-18(2,3)17(19)21/h4-10,20H,11H2,1-3H3. The van der Waals surface area contributed by atoms with Gasteiger partial charge >= 0.3 is 0 Å². The maximum absolute atomic E-state index is 12.7. The van der Waals surface area contributed by atoms with E-state index in [2.05, 4.69) is 0 Å². The summed E-state index contributed by atoms with van der Waals surface area (Å²) in [6.07, 6.45) is 0. The summed E-state index contributed by atoms with van der Waals surface area (Å²) >= 11 is 0. The van der Waals surface area contributed by atoms with Crippen molar-refractivity contribution in [3.63, 3.8) is 0 Å². The first kappa shape index (κ1) is 14.4. The van der Waals surface area contributed by atoms with E-state index in [1.165, 1.54) is 0 Å². The number of benzene rings is 2. The molecule has 0 aliphatic carbocycles. The molecule has 4 nitrogen and oxygen atoms in total. The number of carbonyl (C=O) groups is 1. The maximum Gasteiger partial charge on any atom is 0.271 e. The molecule has 1 heterocycles. The van der Waals surface area contributed by atoms with Gasteiger partial charge in [0.05, 0.1) is 12.2 Å². The van der Waals surface area contributed by atoms with E-state index in [-0.39, 0.29) is 11.7 Å². The number of aryl methyl sites for hydroxylation is 1. The van der Waals surface area contributed by atoms with Crippen molar-refractivity contribution in [2.24, 2.45) is 0 Å².